The first-order chi connectivity index (χ1) is 12.8. The third-order valence-corrected chi connectivity index (χ3v) is 8.36. The summed E-state index contributed by atoms with van der Waals surface area (Å²) < 4.78 is 17.6. The molecule has 26 heavy (non-hydrogen) atoms. The van der Waals surface area contributed by atoms with Gasteiger partial charge in [0.1, 0.15) is 5.85 Å². The Morgan fingerprint density at radius 3 is 2.77 bits per heavy atom. The number of nitrogens with one attached hydrogen (secondary N) is 1. The van der Waals surface area contributed by atoms with Crippen LogP contribution >= 0.6 is 7.77 Å². The van der Waals surface area contributed by atoms with Crippen LogP contribution in [0.25, 0.3) is 0 Å². The van der Waals surface area contributed by atoms with Crippen molar-refractivity contribution in [3.63, 3.8) is 0 Å². The average molecular weight is 368 g/mol. The summed E-state index contributed by atoms with van der Waals surface area (Å²) in [5, 5.41) is 4.75. The molecule has 0 saturated heterocycles. The molecule has 1 aromatic heterocycles. The summed E-state index contributed by atoms with van der Waals surface area (Å²) >= 11 is 0. The van der Waals surface area contributed by atoms with E-state index in [-0.39, 0.29) is 0 Å². The van der Waals surface area contributed by atoms with Crippen molar-refractivity contribution < 1.29 is 13.7 Å². The highest BCUT2D eigenvalue weighted by molar-refractivity contribution is 7.50. The van der Waals surface area contributed by atoms with Gasteiger partial charge in [0, 0.05) is 12.8 Å². The third kappa shape index (κ3) is 1.85. The molecule has 6 rings (SSSR count). The zero-order chi connectivity index (χ0) is 17.3. The fourth-order valence-electron chi connectivity index (χ4n) is 5.00. The van der Waals surface area contributed by atoms with E-state index in [9.17, 15) is 0 Å². The number of nitrogens with zero attached hydrogens (tertiary/aromatic N) is 1. The average Bonchev–Trinajstić information content (AvgIpc) is 3.40. The quantitative estimate of drug-likeness (QED) is 0.637. The van der Waals surface area contributed by atoms with Crippen molar-refractivity contribution in [1.29, 1.82) is 0 Å². The van der Waals surface area contributed by atoms with E-state index in [4.69, 9.17) is 18.7 Å². The number of anilines is 1. The van der Waals surface area contributed by atoms with Crippen molar-refractivity contribution in [2.45, 2.75) is 44.1 Å². The Morgan fingerprint density at radius 2 is 2.04 bits per heavy atom. The van der Waals surface area contributed by atoms with E-state index in [0.29, 0.717) is 12.6 Å². The summed E-state index contributed by atoms with van der Waals surface area (Å²) in [6.07, 6.45) is 8.93. The number of ether oxygens (including phenoxy) is 2. The van der Waals surface area contributed by atoms with E-state index < -0.39 is 13.4 Å². The second-order valence-electron chi connectivity index (χ2n) is 7.51. The van der Waals surface area contributed by atoms with Crippen molar-refractivity contribution in [3.8, 4) is 0 Å². The van der Waals surface area contributed by atoms with Crippen LogP contribution < -0.4 is 5.32 Å². The molecule has 2 unspecified atom stereocenters. The molecule has 6 heteroatoms. The summed E-state index contributed by atoms with van der Waals surface area (Å²) in [5.41, 5.74) is 6.70. The predicted octanol–water partition coefficient (Wildman–Crippen LogP) is 4.22. The molecule has 1 N–H and O–H groups in total. The van der Waals surface area contributed by atoms with E-state index in [2.05, 4.69) is 11.4 Å². The lowest BCUT2D eigenvalue weighted by molar-refractivity contribution is 0.0242. The third-order valence-electron chi connectivity index (χ3n) is 6.17. The Labute approximate surface area is 153 Å². The summed E-state index contributed by atoms with van der Waals surface area (Å²) in [4.78, 5) is 4.70. The Hall–Kier alpha value is -1.84. The number of hydrogen-bond donors (Lipinski definition) is 1. The SMILES string of the molecule is CO[C-]1[p+]2[o+][cH-]cc2C12CN=C(Nc1c3c(cc4c1CCC4)CCC3)O2. The van der Waals surface area contributed by atoms with Gasteiger partial charge in [-0.15, -0.1) is 0 Å². The summed E-state index contributed by atoms with van der Waals surface area (Å²) in [6.45, 7) is 0.567. The summed E-state index contributed by atoms with van der Waals surface area (Å²) in [5.74, 6) is 0.886. The molecule has 5 nitrogen and oxygen atoms in total. The van der Waals surface area contributed by atoms with Gasteiger partial charge < -0.3 is 14.8 Å². The number of hydrogen-bond acceptors (Lipinski definition) is 4. The highest BCUT2D eigenvalue weighted by Gasteiger charge is 2.59. The van der Waals surface area contributed by atoms with Crippen LogP contribution in [0.4, 0.5) is 5.69 Å². The van der Waals surface area contributed by atoms with Crippen molar-refractivity contribution in [1.82, 2.24) is 0 Å². The number of amidine groups is 1. The fraction of sp³-hybridized carbons (Fsp3) is 0.450. The van der Waals surface area contributed by atoms with Crippen LogP contribution in [0.5, 0.6) is 0 Å². The number of fused-ring (bicyclic) bond motifs is 4. The molecule has 0 saturated carbocycles. The van der Waals surface area contributed by atoms with Gasteiger partial charge in [0.2, 0.25) is 6.26 Å². The molecule has 2 aliphatic carbocycles. The number of benzene rings is 1. The Kier molecular flexibility index (Phi) is 3.13. The molecule has 4 aliphatic rings. The van der Waals surface area contributed by atoms with Gasteiger partial charge in [0.25, 0.3) is 6.02 Å². The second kappa shape index (κ2) is 5.34. The maximum absolute atomic E-state index is 6.35. The van der Waals surface area contributed by atoms with Gasteiger partial charge in [-0.2, -0.15) is 4.20 Å². The van der Waals surface area contributed by atoms with Gasteiger partial charge in [0.15, 0.2) is 0 Å². The van der Waals surface area contributed by atoms with Crippen LogP contribution in [-0.2, 0) is 40.8 Å². The number of aliphatic imine (C=N–C) groups is 1. The second-order valence-corrected chi connectivity index (χ2v) is 9.19. The Balaban J connectivity index is 1.33. The molecule has 0 amide bonds. The highest BCUT2D eigenvalue weighted by Crippen LogP contribution is 2.68. The first kappa shape index (κ1) is 15.2. The maximum atomic E-state index is 6.35. The van der Waals surface area contributed by atoms with E-state index in [0.717, 1.165) is 18.7 Å². The molecular formula is C20H21N2O3P. The van der Waals surface area contributed by atoms with Crippen molar-refractivity contribution in [3.05, 3.63) is 51.8 Å². The van der Waals surface area contributed by atoms with Crippen molar-refractivity contribution in [2.24, 2.45) is 4.99 Å². The Bertz CT molecular complexity index is 919. The van der Waals surface area contributed by atoms with Crippen LogP contribution in [0.15, 0.2) is 27.6 Å². The van der Waals surface area contributed by atoms with Crippen LogP contribution in [0, 0.1) is 5.85 Å². The molecule has 0 radical (unpaired) electrons. The molecular weight excluding hydrogens is 347 g/mol. The summed E-state index contributed by atoms with van der Waals surface area (Å²) in [6, 6.07) is 5.09. The molecule has 2 aliphatic heterocycles. The predicted molar refractivity (Wildman–Crippen MR) is 101 cm³/mol. The first-order valence-corrected chi connectivity index (χ1v) is 10.7. The van der Waals surface area contributed by atoms with Crippen LogP contribution in [0.2, 0.25) is 0 Å². The van der Waals surface area contributed by atoms with E-state index >= 15 is 0 Å². The standard InChI is InChI=1S/C20H21N2O3P/c1-23-18-20(16-8-9-24-26(16)18)11-21-19(25-20)22-17-14-6-2-4-12(14)10-13-5-3-7-15(13)17/h8-10H,2-7,11H2,1H3,(H,21,22). The largest absolute Gasteiger partial charge is 0.496 e. The highest BCUT2D eigenvalue weighted by atomic mass is 31.1. The van der Waals surface area contributed by atoms with Crippen molar-refractivity contribution >= 4 is 19.5 Å². The lowest BCUT2D eigenvalue weighted by atomic mass is 9.99. The monoisotopic (exact) mass is 368 g/mol. The van der Waals surface area contributed by atoms with Crippen LogP contribution in [-0.4, -0.2) is 19.7 Å². The minimum atomic E-state index is -0.782. The van der Waals surface area contributed by atoms with Gasteiger partial charge in [-0.3, -0.25) is 0 Å². The number of methoxy groups -OCH3 is 1. The molecule has 3 heterocycles. The Morgan fingerprint density at radius 1 is 1.27 bits per heavy atom. The normalized spacial score (nSPS) is 26.2. The molecule has 0 fully saturated rings. The van der Waals surface area contributed by atoms with E-state index in [1.165, 1.54) is 58.9 Å². The first-order valence-electron chi connectivity index (χ1n) is 9.39. The fourth-order valence-corrected chi connectivity index (χ4v) is 6.92. The van der Waals surface area contributed by atoms with Gasteiger partial charge in [-0.25, -0.2) is 4.99 Å². The van der Waals surface area contributed by atoms with Gasteiger partial charge in [0.05, 0.1) is 17.4 Å². The lowest BCUT2D eigenvalue weighted by Crippen LogP contribution is -2.43. The van der Waals surface area contributed by atoms with Gasteiger partial charge in [-0.05, 0) is 60.8 Å². The van der Waals surface area contributed by atoms with Crippen LogP contribution in [0.1, 0.15) is 40.4 Å². The lowest BCUT2D eigenvalue weighted by Gasteiger charge is -2.44. The molecule has 1 spiro atoms. The van der Waals surface area contributed by atoms with E-state index in [1.54, 1.807) is 13.4 Å². The number of rotatable bonds is 2. The molecule has 2 atom stereocenters. The smallest absolute Gasteiger partial charge is 0.322 e. The minimum absolute atomic E-state index is 0.545. The maximum Gasteiger partial charge on any atom is 0.322 e. The minimum Gasteiger partial charge on any atom is -0.496 e. The van der Waals surface area contributed by atoms with E-state index in [1.807, 2.05) is 6.07 Å². The topological polar surface area (TPSA) is 54.2 Å². The van der Waals surface area contributed by atoms with Gasteiger partial charge in [-0.1, -0.05) is 12.1 Å². The number of aryl methyl sites for hydroxylation is 2. The van der Waals surface area contributed by atoms with Gasteiger partial charge >= 0.3 is 7.77 Å². The zero-order valence-electron chi connectivity index (χ0n) is 14.8. The summed E-state index contributed by atoms with van der Waals surface area (Å²) in [7, 11) is 0.916. The molecule has 1 aromatic carbocycles. The van der Waals surface area contributed by atoms with Crippen LogP contribution in [0.3, 0.4) is 0 Å². The van der Waals surface area contributed by atoms with Crippen molar-refractivity contribution in [2.75, 3.05) is 19.0 Å². The zero-order valence-corrected chi connectivity index (χ0v) is 15.7. The molecule has 134 valence electrons. The molecule has 2 aromatic rings. The molecule has 0 bridgehead atoms.